The van der Waals surface area contributed by atoms with Gasteiger partial charge in [0.2, 0.25) is 11.8 Å². The predicted molar refractivity (Wildman–Crippen MR) is 112 cm³/mol. The predicted octanol–water partition coefficient (Wildman–Crippen LogP) is 4.87. The molecule has 162 valence electrons. The van der Waals surface area contributed by atoms with Crippen LogP contribution in [0.3, 0.4) is 0 Å². The Kier molecular flexibility index (Phi) is 7.49. The third kappa shape index (κ3) is 6.21. The standard InChI is InChI=1S/C21H23ClF3N3O2/c1-12-5-6-13(2)18(9-12)27-20(30)14(3)28(4)11-19(29)26-15-7-8-17(22)16(10-15)21(23,24)25/h5-10,14H,11H2,1-4H3,(H,26,29)(H,27,30). The van der Waals surface area contributed by atoms with Crippen LogP contribution in [0.2, 0.25) is 5.02 Å². The number of aryl methyl sites for hydroxylation is 2. The van der Waals surface area contributed by atoms with Crippen molar-refractivity contribution < 1.29 is 22.8 Å². The highest BCUT2D eigenvalue weighted by Crippen LogP contribution is 2.36. The van der Waals surface area contributed by atoms with Gasteiger partial charge in [0.1, 0.15) is 0 Å². The van der Waals surface area contributed by atoms with Gasteiger partial charge in [0.15, 0.2) is 0 Å². The van der Waals surface area contributed by atoms with E-state index >= 15 is 0 Å². The van der Waals surface area contributed by atoms with E-state index in [2.05, 4.69) is 10.6 Å². The molecule has 2 rings (SSSR count). The number of benzene rings is 2. The SMILES string of the molecule is Cc1ccc(C)c(NC(=O)C(C)N(C)CC(=O)Nc2ccc(Cl)c(C(F)(F)F)c2)c1. The molecular formula is C21H23ClF3N3O2. The topological polar surface area (TPSA) is 61.4 Å². The van der Waals surface area contributed by atoms with Gasteiger partial charge in [-0.05, 0) is 63.2 Å². The molecular weight excluding hydrogens is 419 g/mol. The van der Waals surface area contributed by atoms with Crippen molar-refractivity contribution in [2.24, 2.45) is 0 Å². The first-order valence-electron chi connectivity index (χ1n) is 9.13. The molecule has 5 nitrogen and oxygen atoms in total. The lowest BCUT2D eigenvalue weighted by Crippen LogP contribution is -2.43. The first kappa shape index (κ1) is 23.7. The molecule has 9 heteroatoms. The molecule has 0 aromatic heterocycles. The molecule has 0 aliphatic carbocycles. The molecule has 0 radical (unpaired) electrons. The van der Waals surface area contributed by atoms with Crippen LogP contribution in [0.15, 0.2) is 36.4 Å². The van der Waals surface area contributed by atoms with E-state index in [0.717, 1.165) is 23.3 Å². The van der Waals surface area contributed by atoms with Crippen LogP contribution in [-0.4, -0.2) is 36.3 Å². The number of rotatable bonds is 6. The zero-order chi connectivity index (χ0) is 22.6. The maximum atomic E-state index is 13.0. The number of likely N-dealkylation sites (N-methyl/N-ethyl adjacent to an activating group) is 1. The summed E-state index contributed by atoms with van der Waals surface area (Å²) in [6.45, 7) is 5.23. The first-order valence-corrected chi connectivity index (χ1v) is 9.51. The van der Waals surface area contributed by atoms with Crippen molar-refractivity contribution in [2.45, 2.75) is 33.0 Å². The van der Waals surface area contributed by atoms with Gasteiger partial charge in [-0.2, -0.15) is 13.2 Å². The Balaban J connectivity index is 1.99. The van der Waals surface area contributed by atoms with Crippen LogP contribution in [0, 0.1) is 13.8 Å². The van der Waals surface area contributed by atoms with Crippen LogP contribution in [0.4, 0.5) is 24.5 Å². The van der Waals surface area contributed by atoms with Crippen LogP contribution in [0.1, 0.15) is 23.6 Å². The molecule has 2 amide bonds. The maximum Gasteiger partial charge on any atom is 0.417 e. The summed E-state index contributed by atoms with van der Waals surface area (Å²) in [5.41, 5.74) is 1.53. The fraction of sp³-hybridized carbons (Fsp3) is 0.333. The number of anilines is 2. The Morgan fingerprint density at radius 3 is 2.40 bits per heavy atom. The largest absolute Gasteiger partial charge is 0.417 e. The number of amides is 2. The number of carbonyl (C=O) groups excluding carboxylic acids is 2. The fourth-order valence-electron chi connectivity index (χ4n) is 2.69. The summed E-state index contributed by atoms with van der Waals surface area (Å²) in [6, 6.07) is 8.17. The Morgan fingerprint density at radius 1 is 1.10 bits per heavy atom. The van der Waals surface area contributed by atoms with Crippen molar-refractivity contribution in [3.05, 3.63) is 58.1 Å². The second kappa shape index (κ2) is 9.49. The van der Waals surface area contributed by atoms with Gasteiger partial charge < -0.3 is 10.6 Å². The highest BCUT2D eigenvalue weighted by atomic mass is 35.5. The van der Waals surface area contributed by atoms with Gasteiger partial charge in [-0.15, -0.1) is 0 Å². The lowest BCUT2D eigenvalue weighted by atomic mass is 10.1. The smallest absolute Gasteiger partial charge is 0.325 e. The third-order valence-corrected chi connectivity index (χ3v) is 4.97. The lowest BCUT2D eigenvalue weighted by molar-refractivity contribution is -0.137. The van der Waals surface area contributed by atoms with Crippen LogP contribution in [0.5, 0.6) is 0 Å². The number of carbonyl (C=O) groups is 2. The minimum absolute atomic E-state index is 0.0300. The number of nitrogens with one attached hydrogen (secondary N) is 2. The molecule has 0 fully saturated rings. The van der Waals surface area contributed by atoms with Crippen LogP contribution in [-0.2, 0) is 15.8 Å². The molecule has 1 atom stereocenters. The molecule has 0 spiro atoms. The number of hydrogen-bond donors (Lipinski definition) is 2. The van der Waals surface area contributed by atoms with E-state index in [0.29, 0.717) is 5.69 Å². The summed E-state index contributed by atoms with van der Waals surface area (Å²) in [7, 11) is 1.58. The number of nitrogens with zero attached hydrogens (tertiary/aromatic N) is 1. The highest BCUT2D eigenvalue weighted by Gasteiger charge is 2.33. The second-order valence-corrected chi connectivity index (χ2v) is 7.55. The molecule has 0 aliphatic heterocycles. The Bertz CT molecular complexity index is 948. The molecule has 2 N–H and O–H groups in total. The highest BCUT2D eigenvalue weighted by molar-refractivity contribution is 6.31. The van der Waals surface area contributed by atoms with E-state index in [1.165, 1.54) is 11.0 Å². The zero-order valence-corrected chi connectivity index (χ0v) is 17.8. The van der Waals surface area contributed by atoms with Crippen LogP contribution >= 0.6 is 11.6 Å². The summed E-state index contributed by atoms with van der Waals surface area (Å²) in [5, 5.41) is 4.78. The summed E-state index contributed by atoms with van der Waals surface area (Å²) in [6.07, 6.45) is -4.63. The van der Waals surface area contributed by atoms with E-state index in [9.17, 15) is 22.8 Å². The van der Waals surface area contributed by atoms with Crippen molar-refractivity contribution in [2.75, 3.05) is 24.2 Å². The van der Waals surface area contributed by atoms with Crippen LogP contribution in [0.25, 0.3) is 0 Å². The second-order valence-electron chi connectivity index (χ2n) is 7.14. The summed E-state index contributed by atoms with van der Waals surface area (Å²) in [4.78, 5) is 26.3. The normalized spacial score (nSPS) is 12.6. The van der Waals surface area contributed by atoms with Gasteiger partial charge in [-0.1, -0.05) is 23.7 Å². The summed E-state index contributed by atoms with van der Waals surface area (Å²) >= 11 is 5.58. The summed E-state index contributed by atoms with van der Waals surface area (Å²) < 4.78 is 38.9. The van der Waals surface area contributed by atoms with Gasteiger partial charge in [0.25, 0.3) is 0 Å². The third-order valence-electron chi connectivity index (χ3n) is 4.64. The Morgan fingerprint density at radius 2 is 1.77 bits per heavy atom. The Hall–Kier alpha value is -2.58. The number of halogens is 4. The molecule has 2 aromatic rings. The maximum absolute atomic E-state index is 13.0. The number of alkyl halides is 3. The van der Waals surface area contributed by atoms with Crippen molar-refractivity contribution in [1.82, 2.24) is 4.90 Å². The van der Waals surface area contributed by atoms with Gasteiger partial charge in [-0.25, -0.2) is 0 Å². The minimum Gasteiger partial charge on any atom is -0.325 e. The molecule has 30 heavy (non-hydrogen) atoms. The van der Waals surface area contributed by atoms with E-state index < -0.39 is 28.7 Å². The van der Waals surface area contributed by atoms with Crippen molar-refractivity contribution >= 4 is 34.8 Å². The van der Waals surface area contributed by atoms with E-state index in [1.807, 2.05) is 32.0 Å². The van der Waals surface area contributed by atoms with Gasteiger partial charge in [-0.3, -0.25) is 14.5 Å². The van der Waals surface area contributed by atoms with Crippen molar-refractivity contribution in [3.8, 4) is 0 Å². The monoisotopic (exact) mass is 441 g/mol. The van der Waals surface area contributed by atoms with E-state index in [1.54, 1.807) is 14.0 Å². The first-order chi connectivity index (χ1) is 13.9. The molecule has 0 saturated carbocycles. The Labute approximate surface area is 178 Å². The van der Waals surface area contributed by atoms with Crippen molar-refractivity contribution in [3.63, 3.8) is 0 Å². The van der Waals surface area contributed by atoms with Gasteiger partial charge in [0, 0.05) is 11.4 Å². The molecule has 0 saturated heterocycles. The molecule has 0 aliphatic rings. The zero-order valence-electron chi connectivity index (χ0n) is 17.0. The quantitative estimate of drug-likeness (QED) is 0.672. The minimum atomic E-state index is -4.63. The van der Waals surface area contributed by atoms with Crippen molar-refractivity contribution in [1.29, 1.82) is 0 Å². The average Bonchev–Trinajstić information content (AvgIpc) is 2.64. The van der Waals surface area contributed by atoms with Crippen LogP contribution < -0.4 is 10.6 Å². The number of hydrogen-bond acceptors (Lipinski definition) is 3. The van der Waals surface area contributed by atoms with Gasteiger partial charge >= 0.3 is 6.18 Å². The van der Waals surface area contributed by atoms with Gasteiger partial charge in [0.05, 0.1) is 23.2 Å². The lowest BCUT2D eigenvalue weighted by Gasteiger charge is -2.24. The van der Waals surface area contributed by atoms with E-state index in [4.69, 9.17) is 11.6 Å². The summed E-state index contributed by atoms with van der Waals surface area (Å²) in [5.74, 6) is -0.857. The fourth-order valence-corrected chi connectivity index (χ4v) is 2.92. The molecule has 0 heterocycles. The average molecular weight is 442 g/mol. The molecule has 1 unspecified atom stereocenters. The van der Waals surface area contributed by atoms with E-state index in [-0.39, 0.29) is 18.1 Å². The molecule has 2 aromatic carbocycles. The molecule has 0 bridgehead atoms.